The van der Waals surface area contributed by atoms with Gasteiger partial charge in [-0.25, -0.2) is 0 Å². The van der Waals surface area contributed by atoms with Crippen LogP contribution in [-0.2, 0) is 22.1 Å². The van der Waals surface area contributed by atoms with E-state index in [0.29, 0.717) is 68.1 Å². The number of aliphatic hydroxyl groups excluding tert-OH is 2. The summed E-state index contributed by atoms with van der Waals surface area (Å²) >= 11 is 2.90. The number of carbonyl (C=O) groups is 2. The first-order chi connectivity index (χ1) is 45.7. The Kier molecular flexibility index (Phi) is 25.3. The Morgan fingerprint density at radius 2 is 0.691 bits per heavy atom. The predicted octanol–water partition coefficient (Wildman–Crippen LogP) is 15.4. The van der Waals surface area contributed by atoms with Crippen LogP contribution in [-0.4, -0.2) is 92.0 Å². The molecule has 0 spiro atoms. The van der Waals surface area contributed by atoms with Crippen molar-refractivity contribution in [1.82, 2.24) is 0 Å². The van der Waals surface area contributed by atoms with Gasteiger partial charge in [0.05, 0.1) is 36.2 Å². The van der Waals surface area contributed by atoms with Crippen LogP contribution < -0.4 is 40.0 Å². The van der Waals surface area contributed by atoms with Gasteiger partial charge >= 0.3 is 0 Å². The number of carbonyl (C=O) groups excluding carboxylic acids is 2. The lowest BCUT2D eigenvalue weighted by atomic mass is 10.1. The van der Waals surface area contributed by atoms with Crippen molar-refractivity contribution in [1.29, 1.82) is 0 Å². The van der Waals surface area contributed by atoms with Gasteiger partial charge < -0.3 is 38.3 Å². The molecule has 0 aliphatic heterocycles. The number of aldehydes is 2. The molecule has 0 aliphatic rings. The molecule has 0 bridgehead atoms. The highest BCUT2D eigenvalue weighted by atomic mass is 32.1. The van der Waals surface area contributed by atoms with Gasteiger partial charge in [-0.3, -0.25) is 9.59 Å². The average molecular weight is 1320 g/mol. The van der Waals surface area contributed by atoms with E-state index in [-0.39, 0.29) is 23.3 Å². The summed E-state index contributed by atoms with van der Waals surface area (Å²) < 4.78 is 27.8. The molecule has 0 fully saturated rings. The Bertz CT molecular complexity index is 3790. The van der Waals surface area contributed by atoms with E-state index >= 15 is 0 Å². The summed E-state index contributed by atoms with van der Waals surface area (Å²) in [5.74, 6) is 1.48. The summed E-state index contributed by atoms with van der Waals surface area (Å²) in [4.78, 5) is 30.1. The fourth-order valence-corrected chi connectivity index (χ4v) is 22.5. The summed E-state index contributed by atoms with van der Waals surface area (Å²) in [5, 5.41) is 23.4. The number of benzene rings is 8. The zero-order valence-electron chi connectivity index (χ0n) is 54.7. The van der Waals surface area contributed by atoms with Gasteiger partial charge in [-0.2, -0.15) is 0 Å². The lowest BCUT2D eigenvalue weighted by Gasteiger charge is -2.44. The molecule has 0 atom stereocenters. The average Bonchev–Trinajstić information content (AvgIpc) is 0.829. The van der Waals surface area contributed by atoms with E-state index < -0.39 is 16.6 Å². The molecule has 0 saturated carbocycles. The van der Waals surface area contributed by atoms with E-state index in [1.54, 1.807) is 6.07 Å². The Hall–Kier alpha value is -8.55. The fraction of sp³-hybridized carbons (Fsp3) is 0.225. The largest absolute Gasteiger partial charge is 0.488 e. The molecule has 2 aromatic heterocycles. The zero-order valence-corrected chi connectivity index (χ0v) is 58.3. The highest BCUT2D eigenvalue weighted by Gasteiger charge is 2.51. The van der Waals surface area contributed by atoms with Crippen molar-refractivity contribution in [3.05, 3.63) is 284 Å². The summed E-state index contributed by atoms with van der Waals surface area (Å²) in [6.45, 7) is 17.9. The minimum Gasteiger partial charge on any atom is -0.488 e. The molecule has 10 rings (SSSR count). The van der Waals surface area contributed by atoms with Crippen LogP contribution in [0.25, 0.3) is 24.3 Å². The van der Waals surface area contributed by atoms with Crippen molar-refractivity contribution >= 4 is 108 Å². The van der Waals surface area contributed by atoms with Crippen molar-refractivity contribution < 1.29 is 38.1 Å². The first kappa shape index (κ1) is 69.8. The van der Waals surface area contributed by atoms with E-state index in [0.717, 1.165) is 61.7 Å². The Morgan fingerprint density at radius 1 is 0.383 bits per heavy atom. The van der Waals surface area contributed by atoms with Crippen molar-refractivity contribution in [3.63, 3.8) is 0 Å². The van der Waals surface area contributed by atoms with Crippen molar-refractivity contribution in [2.24, 2.45) is 0 Å². The zero-order chi connectivity index (χ0) is 66.2. The third-order valence-corrected chi connectivity index (χ3v) is 28.6. The maximum absolute atomic E-state index is 11.5. The molecular weight excluding hydrogens is 1240 g/mol. The van der Waals surface area contributed by atoms with E-state index in [1.165, 1.54) is 43.4 Å². The second kappa shape index (κ2) is 34.0. The van der Waals surface area contributed by atoms with Gasteiger partial charge in [0.2, 0.25) is 0 Å². The number of rotatable bonds is 30. The van der Waals surface area contributed by atoms with Crippen LogP contribution in [0.3, 0.4) is 0 Å². The number of nitrogens with zero attached hydrogens (tertiary/aromatic N) is 2. The van der Waals surface area contributed by atoms with Gasteiger partial charge in [0.1, 0.15) is 24.7 Å². The summed E-state index contributed by atoms with van der Waals surface area (Å²) in [7, 11) is -5.62. The second-order valence-electron chi connectivity index (χ2n) is 24.8. The highest BCUT2D eigenvalue weighted by molar-refractivity contribution is 7.14. The van der Waals surface area contributed by atoms with Gasteiger partial charge in [0, 0.05) is 70.6 Å². The van der Waals surface area contributed by atoms with Gasteiger partial charge in [-0.05, 0) is 115 Å². The van der Waals surface area contributed by atoms with Crippen LogP contribution in [0.5, 0.6) is 11.5 Å². The topological polar surface area (TPSA) is 118 Å². The highest BCUT2D eigenvalue weighted by Crippen LogP contribution is 2.39. The summed E-state index contributed by atoms with van der Waals surface area (Å²) in [5.41, 5.74) is 5.91. The fourth-order valence-electron chi connectivity index (χ4n) is 11.9. The van der Waals surface area contributed by atoms with Crippen molar-refractivity contribution in [3.8, 4) is 11.5 Å². The molecule has 10 aromatic rings. The first-order valence-electron chi connectivity index (χ1n) is 32.0. The summed E-state index contributed by atoms with van der Waals surface area (Å²) in [6.07, 6.45) is 9.80. The molecule has 14 heteroatoms. The van der Waals surface area contributed by atoms with Crippen LogP contribution in [0.15, 0.2) is 243 Å². The number of hydrogen-bond donors (Lipinski definition) is 2. The SMILES string of the molecule is CC(C)(C)[Si](OCCN(CCO[Si](c1ccccc1)(c1ccccc1)C(C)(C)C)c1ccc(/C=C/c2ccc(C=O)s2)c(OCc2ccccc2)c1)(c1ccccc1)c1ccccc1.O=Cc1ccc(/C=C/c2ccc(N(CCO)CCO)cc2OCc2ccccc2)s1. The summed E-state index contributed by atoms with van der Waals surface area (Å²) in [6, 6.07) is 83.5. The molecule has 0 saturated heterocycles. The number of hydrogen-bond acceptors (Lipinski definition) is 12. The number of anilines is 2. The van der Waals surface area contributed by atoms with Crippen LogP contribution in [0.2, 0.25) is 10.1 Å². The van der Waals surface area contributed by atoms with Gasteiger partial charge in [0.25, 0.3) is 16.6 Å². The molecular formula is C80H86N2O8S2Si2. The molecule has 0 unspecified atom stereocenters. The minimum absolute atomic E-state index is 0.000691. The van der Waals surface area contributed by atoms with E-state index in [2.05, 4.69) is 210 Å². The number of thiophene rings is 2. The van der Waals surface area contributed by atoms with Crippen LogP contribution >= 0.6 is 22.7 Å². The van der Waals surface area contributed by atoms with Gasteiger partial charge in [-0.15, -0.1) is 22.7 Å². The molecule has 0 amide bonds. The molecule has 2 heterocycles. The van der Waals surface area contributed by atoms with Crippen LogP contribution in [0.1, 0.15) is 92.9 Å². The Balaban J connectivity index is 0.000000289. The van der Waals surface area contributed by atoms with Crippen molar-refractivity contribution in [2.45, 2.75) is 64.8 Å². The molecule has 0 aliphatic carbocycles. The smallest absolute Gasteiger partial charge is 0.261 e. The number of ether oxygens (including phenoxy) is 2. The Morgan fingerprint density at radius 3 is 0.989 bits per heavy atom. The van der Waals surface area contributed by atoms with Crippen LogP contribution in [0.4, 0.5) is 11.4 Å². The molecule has 0 radical (unpaired) electrons. The maximum atomic E-state index is 11.5. The molecule has 94 heavy (non-hydrogen) atoms. The maximum Gasteiger partial charge on any atom is 0.261 e. The quantitative estimate of drug-likeness (QED) is 0.0333. The van der Waals surface area contributed by atoms with E-state index in [1.807, 2.05) is 102 Å². The lowest BCUT2D eigenvalue weighted by molar-refractivity contribution is 0.111. The lowest BCUT2D eigenvalue weighted by Crippen LogP contribution is -2.67. The van der Waals surface area contributed by atoms with Gasteiger partial charge in [-0.1, -0.05) is 224 Å². The third-order valence-electron chi connectivity index (χ3n) is 16.5. The minimum atomic E-state index is -2.81. The normalized spacial score (nSPS) is 11.9. The Labute approximate surface area is 566 Å². The molecule has 2 N–H and O–H groups in total. The van der Waals surface area contributed by atoms with Gasteiger partial charge in [0.15, 0.2) is 12.6 Å². The second-order valence-corrected chi connectivity index (χ2v) is 35.7. The molecule has 8 aromatic carbocycles. The van der Waals surface area contributed by atoms with E-state index in [4.69, 9.17) is 18.3 Å². The van der Waals surface area contributed by atoms with E-state index in [9.17, 15) is 19.8 Å². The molecule has 484 valence electrons. The standard InChI is InChI=1S/C56H61NO4SSi2.C24H25NO4S/c1-55(2,3)63(50-24-14-8-15-25-50,51-26-16-9-17-27-51)60-40-38-57(39-41-61-64(56(4,5)6,52-28-18-10-19-29-52)53-30-20-11-21-31-53)47-34-32-46(33-35-48-36-37-49(43-58)62-48)54(42-47)59-44-45-22-12-7-13-23-45;26-14-12-25(13-15-27)21-8-6-20(7-9-22-10-11-23(17-28)30-22)24(16-21)29-18-19-4-2-1-3-5-19/h7-37,42-43H,38-41,44H2,1-6H3;1-11,16-17,26-27H,12-15,18H2/b35-33+;9-7+. The van der Waals surface area contributed by atoms with Crippen molar-refractivity contribution in [2.75, 3.05) is 62.4 Å². The third kappa shape index (κ3) is 18.0. The number of aliphatic hydroxyl groups is 2. The first-order valence-corrected chi connectivity index (χ1v) is 37.4. The monoisotopic (exact) mass is 1320 g/mol. The van der Waals surface area contributed by atoms with Crippen LogP contribution in [0, 0.1) is 0 Å². The molecule has 10 nitrogen and oxygen atoms in total. The predicted molar refractivity (Wildman–Crippen MR) is 397 cm³/mol.